The summed E-state index contributed by atoms with van der Waals surface area (Å²) in [6, 6.07) is 1.38. The fourth-order valence-electron chi connectivity index (χ4n) is 3.31. The molecule has 0 bridgehead atoms. The Morgan fingerprint density at radius 3 is 2.70 bits per heavy atom. The Morgan fingerprint density at radius 1 is 1.33 bits per heavy atom. The minimum Gasteiger partial charge on any atom is -0.353 e. The second kappa shape index (κ2) is 8.23. The highest BCUT2D eigenvalue weighted by atomic mass is 127. The van der Waals surface area contributed by atoms with Crippen molar-refractivity contribution in [1.82, 2.24) is 29.6 Å². The van der Waals surface area contributed by atoms with Crippen molar-refractivity contribution in [2.24, 2.45) is 0 Å². The van der Waals surface area contributed by atoms with Crippen molar-refractivity contribution >= 4 is 50.8 Å². The Kier molecular flexibility index (Phi) is 5.81. The van der Waals surface area contributed by atoms with Gasteiger partial charge in [0, 0.05) is 26.2 Å². The van der Waals surface area contributed by atoms with Gasteiger partial charge in [0.1, 0.15) is 24.3 Å². The first kappa shape index (κ1) is 21.2. The van der Waals surface area contributed by atoms with Crippen LogP contribution in [-0.2, 0) is 6.54 Å². The normalized spacial score (nSPS) is 15.5. The Balaban J connectivity index is 1.93. The topological polar surface area (TPSA) is 107 Å². The molecule has 160 valence electrons. The van der Waals surface area contributed by atoms with Crippen molar-refractivity contribution in [2.45, 2.75) is 12.7 Å². The number of hydrogen-bond acceptors (Lipinski definition) is 7. The highest BCUT2D eigenvalue weighted by molar-refractivity contribution is 14.2. The van der Waals surface area contributed by atoms with E-state index in [9.17, 15) is 23.3 Å². The van der Waals surface area contributed by atoms with Gasteiger partial charge in [-0.2, -0.15) is 23.4 Å². The summed E-state index contributed by atoms with van der Waals surface area (Å²) in [5.74, 6) is 0.443. The molecule has 0 saturated carbocycles. The summed E-state index contributed by atoms with van der Waals surface area (Å²) in [6.45, 7) is 1.31. The third kappa shape index (κ3) is 4.21. The molecule has 10 nitrogen and oxygen atoms in total. The van der Waals surface area contributed by atoms with Crippen LogP contribution in [0.5, 0.6) is 0 Å². The van der Waals surface area contributed by atoms with Gasteiger partial charge in [-0.3, -0.25) is 14.8 Å². The second-order valence-corrected chi connectivity index (χ2v) is 8.64. The molecule has 4 heterocycles. The summed E-state index contributed by atoms with van der Waals surface area (Å²) >= 11 is 2.03. The van der Waals surface area contributed by atoms with Crippen molar-refractivity contribution in [3.05, 3.63) is 28.6 Å². The standard InChI is InChI=1S/C15H15F3IN8O2P/c16-15(17,18)8-25-11-5-10(13-12(27(28)29)7-26(23-13)30-19)22-14(9(11)6-21-25)24-3-1-20-2-4-24/h5-7,20,30H,1-4,8H2. The monoisotopic (exact) mass is 554 g/mol. The highest BCUT2D eigenvalue weighted by Gasteiger charge is 2.31. The summed E-state index contributed by atoms with van der Waals surface area (Å²) in [6.07, 6.45) is -1.69. The van der Waals surface area contributed by atoms with Crippen molar-refractivity contribution in [2.75, 3.05) is 31.1 Å². The van der Waals surface area contributed by atoms with Crippen LogP contribution in [0.4, 0.5) is 24.7 Å². The predicted molar refractivity (Wildman–Crippen MR) is 114 cm³/mol. The molecule has 0 amide bonds. The van der Waals surface area contributed by atoms with E-state index < -0.39 is 17.6 Å². The number of nitrogens with one attached hydrogen (secondary N) is 1. The first-order valence-electron chi connectivity index (χ1n) is 8.77. The van der Waals surface area contributed by atoms with E-state index in [1.807, 2.05) is 26.9 Å². The molecule has 0 aromatic carbocycles. The Hall–Kier alpha value is -2.06. The average molecular weight is 554 g/mol. The van der Waals surface area contributed by atoms with Crippen LogP contribution in [0.1, 0.15) is 0 Å². The maximum absolute atomic E-state index is 13.0. The number of hydrogen-bond donors (Lipinski definition) is 1. The SMILES string of the molecule is O=[N+]([O-])c1cn(PI)nc1-c1cc2c(cnn2CC(F)(F)F)c(N2CCNCC2)n1. The zero-order valence-corrected chi connectivity index (χ0v) is 18.4. The molecule has 3 aromatic rings. The van der Waals surface area contributed by atoms with Gasteiger partial charge in [-0.1, -0.05) is 0 Å². The zero-order valence-electron chi connectivity index (χ0n) is 15.2. The minimum atomic E-state index is -4.46. The average Bonchev–Trinajstić information content (AvgIpc) is 3.31. The van der Waals surface area contributed by atoms with Crippen LogP contribution in [0.25, 0.3) is 22.3 Å². The molecular weight excluding hydrogens is 539 g/mol. The van der Waals surface area contributed by atoms with Gasteiger partial charge in [0.2, 0.25) is 0 Å². The van der Waals surface area contributed by atoms with Crippen LogP contribution >= 0.6 is 28.4 Å². The molecular formula is C15H15F3IN8O2P. The smallest absolute Gasteiger partial charge is 0.353 e. The summed E-state index contributed by atoms with van der Waals surface area (Å²) in [5.41, 5.74) is 0.105. The van der Waals surface area contributed by atoms with Gasteiger partial charge in [0.05, 0.1) is 28.4 Å². The molecule has 1 unspecified atom stereocenters. The summed E-state index contributed by atoms with van der Waals surface area (Å²) in [7, 11) is 0. The second-order valence-electron chi connectivity index (χ2n) is 6.57. The van der Waals surface area contributed by atoms with Gasteiger partial charge in [0.15, 0.2) is 5.69 Å². The van der Waals surface area contributed by atoms with Crippen LogP contribution in [0.15, 0.2) is 18.5 Å². The molecule has 4 rings (SSSR count). The third-order valence-electron chi connectivity index (χ3n) is 4.59. The lowest BCUT2D eigenvalue weighted by Gasteiger charge is -2.29. The molecule has 3 aromatic heterocycles. The molecule has 1 fully saturated rings. The van der Waals surface area contributed by atoms with Crippen molar-refractivity contribution < 1.29 is 18.1 Å². The van der Waals surface area contributed by atoms with Crippen molar-refractivity contribution in [3.63, 3.8) is 0 Å². The number of halogens is 4. The fourth-order valence-corrected chi connectivity index (χ4v) is 4.36. The largest absolute Gasteiger partial charge is 0.408 e. The molecule has 0 aliphatic carbocycles. The van der Waals surface area contributed by atoms with Crippen molar-refractivity contribution in [1.29, 1.82) is 0 Å². The first-order valence-corrected chi connectivity index (χ1v) is 12.8. The number of anilines is 1. The lowest BCUT2D eigenvalue weighted by atomic mass is 10.2. The number of rotatable bonds is 5. The molecule has 1 N–H and O–H groups in total. The number of nitro groups is 1. The van der Waals surface area contributed by atoms with Crippen molar-refractivity contribution in [3.8, 4) is 11.4 Å². The van der Waals surface area contributed by atoms with E-state index in [0.29, 0.717) is 37.4 Å². The van der Waals surface area contributed by atoms with Gasteiger partial charge < -0.3 is 10.2 Å². The number of piperazine rings is 1. The summed E-state index contributed by atoms with van der Waals surface area (Å²) in [4.78, 5) is 17.5. The molecule has 0 radical (unpaired) electrons. The van der Waals surface area contributed by atoms with Gasteiger partial charge in [-0.25, -0.2) is 9.44 Å². The number of aromatic nitrogens is 5. The Morgan fingerprint density at radius 2 is 2.07 bits per heavy atom. The Bertz CT molecular complexity index is 1100. The lowest BCUT2D eigenvalue weighted by molar-refractivity contribution is -0.384. The lowest BCUT2D eigenvalue weighted by Crippen LogP contribution is -2.44. The molecule has 15 heteroatoms. The van der Waals surface area contributed by atoms with E-state index in [2.05, 4.69) is 20.5 Å². The quantitative estimate of drug-likeness (QED) is 0.224. The van der Waals surface area contributed by atoms with E-state index in [0.717, 1.165) is 4.68 Å². The molecule has 1 atom stereocenters. The minimum absolute atomic E-state index is 0.0159. The molecule has 1 aliphatic heterocycles. The first-order chi connectivity index (χ1) is 14.3. The number of pyridine rings is 1. The fraction of sp³-hybridized carbons (Fsp3) is 0.400. The van der Waals surface area contributed by atoms with Crippen LogP contribution in [0.2, 0.25) is 0 Å². The van der Waals surface area contributed by atoms with E-state index >= 15 is 0 Å². The van der Waals surface area contributed by atoms with E-state index in [4.69, 9.17) is 0 Å². The summed E-state index contributed by atoms with van der Waals surface area (Å²) in [5, 5.41) is 23.3. The summed E-state index contributed by atoms with van der Waals surface area (Å²) < 4.78 is 41.4. The van der Waals surface area contributed by atoms with Crippen LogP contribution in [-0.4, -0.2) is 61.6 Å². The van der Waals surface area contributed by atoms with E-state index in [1.54, 1.807) is 0 Å². The molecule has 1 saturated heterocycles. The van der Waals surface area contributed by atoms with Gasteiger partial charge >= 0.3 is 11.9 Å². The van der Waals surface area contributed by atoms with Gasteiger partial charge in [0.25, 0.3) is 0 Å². The zero-order chi connectivity index (χ0) is 21.5. The number of alkyl halides is 3. The van der Waals surface area contributed by atoms with Crippen LogP contribution in [0, 0.1) is 10.1 Å². The third-order valence-corrected chi connectivity index (χ3v) is 6.47. The van der Waals surface area contributed by atoms with E-state index in [-0.39, 0.29) is 29.0 Å². The molecule has 0 spiro atoms. The van der Waals surface area contributed by atoms with Gasteiger partial charge in [-0.05, 0) is 28.1 Å². The number of fused-ring (bicyclic) bond motifs is 1. The van der Waals surface area contributed by atoms with E-state index in [1.165, 1.54) is 22.9 Å². The maximum Gasteiger partial charge on any atom is 0.408 e. The van der Waals surface area contributed by atoms with Crippen LogP contribution < -0.4 is 10.2 Å². The number of nitrogens with zero attached hydrogens (tertiary/aromatic N) is 7. The van der Waals surface area contributed by atoms with Crippen LogP contribution in [0.3, 0.4) is 0 Å². The highest BCUT2D eigenvalue weighted by Crippen LogP contribution is 2.36. The maximum atomic E-state index is 13.0. The molecule has 1 aliphatic rings. The molecule has 30 heavy (non-hydrogen) atoms. The Labute approximate surface area is 182 Å². The predicted octanol–water partition coefficient (Wildman–Crippen LogP) is 2.97. The van der Waals surface area contributed by atoms with Gasteiger partial charge in [-0.15, -0.1) is 0 Å².